The molecule has 0 aliphatic carbocycles. The molecule has 1 aromatic rings. The van der Waals surface area contributed by atoms with Crippen molar-refractivity contribution in [1.29, 1.82) is 0 Å². The molecule has 0 saturated carbocycles. The number of nitrogens with one attached hydrogen (secondary N) is 1. The van der Waals surface area contributed by atoms with Crippen LogP contribution in [0.2, 0.25) is 0 Å². The van der Waals surface area contributed by atoms with Gasteiger partial charge < -0.3 is 9.88 Å². The van der Waals surface area contributed by atoms with Gasteiger partial charge in [-0.05, 0) is 32.2 Å². The number of fused-ring (bicyclic) bond motifs is 1. The van der Waals surface area contributed by atoms with Gasteiger partial charge in [-0.1, -0.05) is 27.7 Å². The highest BCUT2D eigenvalue weighted by Gasteiger charge is 2.30. The molecule has 0 bridgehead atoms. The van der Waals surface area contributed by atoms with Crippen molar-refractivity contribution in [3.63, 3.8) is 0 Å². The number of hydrogen-bond acceptors (Lipinski definition) is 2. The largest absolute Gasteiger partial charge is 0.332 e. The van der Waals surface area contributed by atoms with Crippen LogP contribution in [0.15, 0.2) is 0 Å². The second kappa shape index (κ2) is 5.66. The van der Waals surface area contributed by atoms with Crippen molar-refractivity contribution < 1.29 is 0 Å². The molecule has 3 heteroatoms. The van der Waals surface area contributed by atoms with Gasteiger partial charge in [-0.15, -0.1) is 0 Å². The van der Waals surface area contributed by atoms with Gasteiger partial charge in [0.05, 0.1) is 5.69 Å². The second-order valence-corrected chi connectivity index (χ2v) is 6.94. The number of likely N-dealkylation sites (N-methyl/N-ethyl adjacent to an activating group) is 1. The maximum Gasteiger partial charge on any atom is 0.109 e. The molecule has 1 N–H and O–H groups in total. The Bertz CT molecular complexity index is 429. The predicted octanol–water partition coefficient (Wildman–Crippen LogP) is 2.91. The first kappa shape index (κ1) is 14.6. The lowest BCUT2D eigenvalue weighted by Gasteiger charge is -2.25. The standard InChI is InChI=1S/C16H29N3/c1-12(2)10-14-18-15(16(3,4)11-17-5)13-8-6-7-9-19(13)14/h12,17H,6-11H2,1-5H3. The highest BCUT2D eigenvalue weighted by atomic mass is 15.1. The number of aromatic nitrogens is 2. The van der Waals surface area contributed by atoms with Crippen LogP contribution in [0, 0.1) is 5.92 Å². The summed E-state index contributed by atoms with van der Waals surface area (Å²) in [5, 5.41) is 3.31. The van der Waals surface area contributed by atoms with E-state index in [-0.39, 0.29) is 5.41 Å². The Morgan fingerprint density at radius 1 is 1.32 bits per heavy atom. The first-order chi connectivity index (χ1) is 8.95. The third-order valence-corrected chi connectivity index (χ3v) is 4.05. The summed E-state index contributed by atoms with van der Waals surface area (Å²) in [7, 11) is 2.03. The molecule has 1 aliphatic rings. The average molecular weight is 263 g/mol. The summed E-state index contributed by atoms with van der Waals surface area (Å²) in [6, 6.07) is 0. The van der Waals surface area contributed by atoms with Crippen LogP contribution in [0.3, 0.4) is 0 Å². The number of hydrogen-bond donors (Lipinski definition) is 1. The zero-order valence-corrected chi connectivity index (χ0v) is 13.2. The molecule has 3 nitrogen and oxygen atoms in total. The van der Waals surface area contributed by atoms with Crippen LogP contribution in [0.25, 0.3) is 0 Å². The molecule has 2 heterocycles. The van der Waals surface area contributed by atoms with Gasteiger partial charge in [0.2, 0.25) is 0 Å². The van der Waals surface area contributed by atoms with Crippen LogP contribution >= 0.6 is 0 Å². The summed E-state index contributed by atoms with van der Waals surface area (Å²) in [6.45, 7) is 11.3. The van der Waals surface area contributed by atoms with Crippen molar-refractivity contribution in [2.45, 2.75) is 65.3 Å². The molecule has 0 radical (unpaired) electrons. The molecule has 2 rings (SSSR count). The fraction of sp³-hybridized carbons (Fsp3) is 0.812. The third kappa shape index (κ3) is 3.02. The summed E-state index contributed by atoms with van der Waals surface area (Å²) in [4.78, 5) is 5.05. The Balaban J connectivity index is 2.41. The summed E-state index contributed by atoms with van der Waals surface area (Å²) in [5.74, 6) is 1.98. The molecule has 1 aromatic heterocycles. The van der Waals surface area contributed by atoms with Gasteiger partial charge in [0.1, 0.15) is 5.82 Å². The molecule has 0 saturated heterocycles. The normalized spacial score (nSPS) is 15.9. The van der Waals surface area contributed by atoms with Gasteiger partial charge in [0.15, 0.2) is 0 Å². The smallest absolute Gasteiger partial charge is 0.109 e. The molecule has 19 heavy (non-hydrogen) atoms. The zero-order valence-electron chi connectivity index (χ0n) is 13.2. The lowest BCUT2D eigenvalue weighted by atomic mass is 9.86. The van der Waals surface area contributed by atoms with E-state index in [1.165, 1.54) is 43.0 Å². The van der Waals surface area contributed by atoms with Crippen LogP contribution in [0.1, 0.15) is 57.7 Å². The molecular formula is C16H29N3. The van der Waals surface area contributed by atoms with Gasteiger partial charge in [0.25, 0.3) is 0 Å². The highest BCUT2D eigenvalue weighted by Crippen LogP contribution is 2.30. The van der Waals surface area contributed by atoms with Crippen LogP contribution < -0.4 is 5.32 Å². The Labute approximate surface area is 117 Å². The monoisotopic (exact) mass is 263 g/mol. The van der Waals surface area contributed by atoms with Crippen LogP contribution in [-0.4, -0.2) is 23.1 Å². The van der Waals surface area contributed by atoms with Crippen molar-refractivity contribution in [2.75, 3.05) is 13.6 Å². The van der Waals surface area contributed by atoms with E-state index in [1.54, 1.807) is 0 Å². The molecule has 0 atom stereocenters. The fourth-order valence-electron chi connectivity index (χ4n) is 3.21. The molecular weight excluding hydrogens is 234 g/mol. The van der Waals surface area contributed by atoms with E-state index in [0.717, 1.165) is 13.0 Å². The molecule has 1 aliphatic heterocycles. The summed E-state index contributed by atoms with van der Waals surface area (Å²) < 4.78 is 2.51. The molecule has 0 spiro atoms. The van der Waals surface area contributed by atoms with E-state index in [0.29, 0.717) is 5.92 Å². The minimum atomic E-state index is 0.123. The summed E-state index contributed by atoms with van der Waals surface area (Å²) >= 11 is 0. The van der Waals surface area contributed by atoms with E-state index < -0.39 is 0 Å². The van der Waals surface area contributed by atoms with Crippen molar-refractivity contribution in [2.24, 2.45) is 5.92 Å². The summed E-state index contributed by atoms with van der Waals surface area (Å²) in [5.41, 5.74) is 2.96. The Morgan fingerprint density at radius 2 is 2.05 bits per heavy atom. The van der Waals surface area contributed by atoms with Gasteiger partial charge in [0, 0.05) is 30.6 Å². The third-order valence-electron chi connectivity index (χ3n) is 4.05. The summed E-state index contributed by atoms with van der Waals surface area (Å²) in [6.07, 6.45) is 4.92. The number of rotatable bonds is 5. The van der Waals surface area contributed by atoms with Gasteiger partial charge >= 0.3 is 0 Å². The molecule has 108 valence electrons. The second-order valence-electron chi connectivity index (χ2n) is 6.94. The Kier molecular flexibility index (Phi) is 4.34. The number of nitrogens with zero attached hydrogens (tertiary/aromatic N) is 2. The minimum Gasteiger partial charge on any atom is -0.332 e. The topological polar surface area (TPSA) is 29.9 Å². The van der Waals surface area contributed by atoms with Crippen molar-refractivity contribution in [1.82, 2.24) is 14.9 Å². The lowest BCUT2D eigenvalue weighted by Crippen LogP contribution is -2.32. The quantitative estimate of drug-likeness (QED) is 0.885. The van der Waals surface area contributed by atoms with Gasteiger partial charge in [-0.2, -0.15) is 0 Å². The lowest BCUT2D eigenvalue weighted by molar-refractivity contribution is 0.461. The van der Waals surface area contributed by atoms with E-state index in [1.807, 2.05) is 7.05 Å². The maximum atomic E-state index is 5.05. The van der Waals surface area contributed by atoms with E-state index in [4.69, 9.17) is 4.98 Å². The first-order valence-corrected chi connectivity index (χ1v) is 7.69. The highest BCUT2D eigenvalue weighted by molar-refractivity contribution is 5.27. The van der Waals surface area contributed by atoms with Gasteiger partial charge in [-0.3, -0.25) is 0 Å². The van der Waals surface area contributed by atoms with Gasteiger partial charge in [-0.25, -0.2) is 4.98 Å². The van der Waals surface area contributed by atoms with Crippen LogP contribution in [-0.2, 0) is 24.8 Å². The molecule has 0 unspecified atom stereocenters. The maximum absolute atomic E-state index is 5.05. The van der Waals surface area contributed by atoms with Crippen LogP contribution in [0.4, 0.5) is 0 Å². The predicted molar refractivity (Wildman–Crippen MR) is 80.7 cm³/mol. The number of imidazole rings is 1. The SMILES string of the molecule is CNCC(C)(C)c1nc(CC(C)C)n2c1CCCC2. The van der Waals surface area contributed by atoms with E-state index in [9.17, 15) is 0 Å². The van der Waals surface area contributed by atoms with Crippen molar-refractivity contribution >= 4 is 0 Å². The minimum absolute atomic E-state index is 0.123. The van der Waals surface area contributed by atoms with E-state index in [2.05, 4.69) is 37.6 Å². The Morgan fingerprint density at radius 3 is 2.68 bits per heavy atom. The fourth-order valence-corrected chi connectivity index (χ4v) is 3.21. The zero-order chi connectivity index (χ0) is 14.0. The Hall–Kier alpha value is -0.830. The average Bonchev–Trinajstić information content (AvgIpc) is 2.69. The molecule has 0 fully saturated rings. The van der Waals surface area contributed by atoms with Crippen molar-refractivity contribution in [3.8, 4) is 0 Å². The van der Waals surface area contributed by atoms with Crippen LogP contribution in [0.5, 0.6) is 0 Å². The van der Waals surface area contributed by atoms with Crippen molar-refractivity contribution in [3.05, 3.63) is 17.2 Å². The first-order valence-electron chi connectivity index (χ1n) is 7.69. The molecule has 0 amide bonds. The molecule has 0 aromatic carbocycles. The van der Waals surface area contributed by atoms with E-state index >= 15 is 0 Å².